The zero-order chi connectivity index (χ0) is 26.4. The van der Waals surface area contributed by atoms with Crippen molar-refractivity contribution >= 4 is 21.9 Å². The van der Waals surface area contributed by atoms with Crippen molar-refractivity contribution in [2.75, 3.05) is 25.6 Å². The molecule has 1 aliphatic rings. The van der Waals surface area contributed by atoms with E-state index in [9.17, 15) is 13.2 Å². The second kappa shape index (κ2) is 11.7. The van der Waals surface area contributed by atoms with E-state index in [4.69, 9.17) is 13.9 Å². The zero-order valence-corrected chi connectivity index (χ0v) is 22.1. The van der Waals surface area contributed by atoms with Crippen LogP contribution >= 0.6 is 0 Å². The summed E-state index contributed by atoms with van der Waals surface area (Å²) in [6, 6.07) is 11.0. The van der Waals surface area contributed by atoms with Crippen LogP contribution in [0, 0.1) is 0 Å². The molecule has 0 atom stereocenters. The highest BCUT2D eigenvalue weighted by atomic mass is 32.2. The summed E-state index contributed by atoms with van der Waals surface area (Å²) in [5.74, 6) is 0.860. The number of nitrogens with zero attached hydrogens (tertiary/aromatic N) is 3. The third-order valence-corrected chi connectivity index (χ3v) is 8.24. The fourth-order valence-corrected chi connectivity index (χ4v) is 5.75. The van der Waals surface area contributed by atoms with Crippen molar-refractivity contribution in [1.82, 2.24) is 14.5 Å². The molecule has 1 aromatic heterocycles. The molecule has 1 amide bonds. The maximum atomic E-state index is 13.0. The number of hydrogen-bond donors (Lipinski definition) is 1. The van der Waals surface area contributed by atoms with E-state index in [-0.39, 0.29) is 28.4 Å². The lowest BCUT2D eigenvalue weighted by atomic mass is 9.96. The SMILES string of the molecule is CCOc1ccc(-c2nnc(NC(=O)c3ccc(S(=O)(=O)N(C)C4CCCCC4)cc3)o2)cc1OCC. The van der Waals surface area contributed by atoms with Crippen LogP contribution < -0.4 is 14.8 Å². The molecule has 1 heterocycles. The van der Waals surface area contributed by atoms with E-state index in [2.05, 4.69) is 15.5 Å². The minimum absolute atomic E-state index is 0.00781. The molecule has 3 aromatic rings. The first kappa shape index (κ1) is 26.6. The highest BCUT2D eigenvalue weighted by molar-refractivity contribution is 7.89. The summed E-state index contributed by atoms with van der Waals surface area (Å²) in [5.41, 5.74) is 0.871. The van der Waals surface area contributed by atoms with Crippen LogP contribution in [0.3, 0.4) is 0 Å². The van der Waals surface area contributed by atoms with Crippen LogP contribution in [0.5, 0.6) is 11.5 Å². The minimum Gasteiger partial charge on any atom is -0.490 e. The first-order valence-corrected chi connectivity index (χ1v) is 13.9. The Morgan fingerprint density at radius 2 is 1.68 bits per heavy atom. The summed E-state index contributed by atoms with van der Waals surface area (Å²) in [7, 11) is -2.01. The van der Waals surface area contributed by atoms with Gasteiger partial charge in [-0.2, -0.15) is 4.31 Å². The molecule has 1 aliphatic carbocycles. The third kappa shape index (κ3) is 6.11. The molecular formula is C26H32N4O6S. The van der Waals surface area contributed by atoms with E-state index in [0.29, 0.717) is 30.3 Å². The summed E-state index contributed by atoms with van der Waals surface area (Å²) in [6.07, 6.45) is 4.95. The maximum absolute atomic E-state index is 13.0. The molecule has 4 rings (SSSR count). The summed E-state index contributed by atoms with van der Waals surface area (Å²) < 4.78 is 44.4. The van der Waals surface area contributed by atoms with Gasteiger partial charge in [0.2, 0.25) is 15.9 Å². The Hall–Kier alpha value is -3.44. The molecule has 11 heteroatoms. The van der Waals surface area contributed by atoms with Crippen molar-refractivity contribution in [2.24, 2.45) is 0 Å². The number of carbonyl (C=O) groups excluding carboxylic acids is 1. The van der Waals surface area contributed by atoms with E-state index in [1.54, 1.807) is 25.2 Å². The van der Waals surface area contributed by atoms with Gasteiger partial charge in [-0.15, -0.1) is 5.10 Å². The Bertz CT molecular complexity index is 1320. The normalized spacial score (nSPS) is 14.5. The van der Waals surface area contributed by atoms with Crippen molar-refractivity contribution in [3.63, 3.8) is 0 Å². The van der Waals surface area contributed by atoms with Gasteiger partial charge in [-0.3, -0.25) is 10.1 Å². The third-order valence-electron chi connectivity index (χ3n) is 6.32. The zero-order valence-electron chi connectivity index (χ0n) is 21.3. The standard InChI is InChI=1S/C26H32N4O6S/c1-4-34-22-16-13-19(17-23(22)35-5-2)25-28-29-26(36-25)27-24(31)18-11-14-21(15-12-18)37(32,33)30(3)20-9-7-6-8-10-20/h11-17,20H,4-10H2,1-3H3,(H,27,29,31). The molecular weight excluding hydrogens is 496 g/mol. The molecule has 1 fully saturated rings. The number of amides is 1. The van der Waals surface area contributed by atoms with E-state index in [0.717, 1.165) is 32.1 Å². The lowest BCUT2D eigenvalue weighted by molar-refractivity contribution is 0.102. The minimum atomic E-state index is -3.64. The lowest BCUT2D eigenvalue weighted by Crippen LogP contribution is -2.38. The number of rotatable bonds is 10. The highest BCUT2D eigenvalue weighted by Crippen LogP contribution is 2.33. The van der Waals surface area contributed by atoms with Crippen LogP contribution in [0.2, 0.25) is 0 Å². The summed E-state index contributed by atoms with van der Waals surface area (Å²) in [4.78, 5) is 12.9. The number of carbonyl (C=O) groups is 1. The fourth-order valence-electron chi connectivity index (χ4n) is 4.33. The highest BCUT2D eigenvalue weighted by Gasteiger charge is 2.29. The Kier molecular flexibility index (Phi) is 8.45. The van der Waals surface area contributed by atoms with E-state index >= 15 is 0 Å². The van der Waals surface area contributed by atoms with Crippen LogP contribution in [0.15, 0.2) is 51.8 Å². The lowest BCUT2D eigenvalue weighted by Gasteiger charge is -2.30. The average molecular weight is 529 g/mol. The Morgan fingerprint density at radius 3 is 2.35 bits per heavy atom. The van der Waals surface area contributed by atoms with Gasteiger partial charge in [0, 0.05) is 24.2 Å². The van der Waals surface area contributed by atoms with Crippen molar-refractivity contribution in [2.45, 2.75) is 56.9 Å². The summed E-state index contributed by atoms with van der Waals surface area (Å²) in [5, 5.41) is 10.5. The van der Waals surface area contributed by atoms with Gasteiger partial charge in [0.05, 0.1) is 18.1 Å². The quantitative estimate of drug-likeness (QED) is 0.400. The van der Waals surface area contributed by atoms with Crippen molar-refractivity contribution < 1.29 is 27.1 Å². The average Bonchev–Trinajstić information content (AvgIpc) is 3.38. The van der Waals surface area contributed by atoms with Gasteiger partial charge in [0.1, 0.15) is 0 Å². The van der Waals surface area contributed by atoms with Gasteiger partial charge in [-0.05, 0) is 69.2 Å². The van der Waals surface area contributed by atoms with Crippen LogP contribution in [0.25, 0.3) is 11.5 Å². The molecule has 0 saturated heterocycles. The number of nitrogens with one attached hydrogen (secondary N) is 1. The fraction of sp³-hybridized carbons (Fsp3) is 0.423. The van der Waals surface area contributed by atoms with Crippen LogP contribution in [0.4, 0.5) is 6.01 Å². The maximum Gasteiger partial charge on any atom is 0.322 e. The molecule has 0 spiro atoms. The van der Waals surface area contributed by atoms with Crippen LogP contribution in [-0.4, -0.2) is 55.1 Å². The predicted molar refractivity (Wildman–Crippen MR) is 138 cm³/mol. The molecule has 0 bridgehead atoms. The number of sulfonamides is 1. The van der Waals surface area contributed by atoms with Gasteiger partial charge < -0.3 is 13.9 Å². The first-order chi connectivity index (χ1) is 17.8. The number of ether oxygens (including phenoxy) is 2. The monoisotopic (exact) mass is 528 g/mol. The van der Waals surface area contributed by atoms with Crippen LogP contribution in [-0.2, 0) is 10.0 Å². The predicted octanol–water partition coefficient (Wildman–Crippen LogP) is 4.74. The van der Waals surface area contributed by atoms with Gasteiger partial charge in [-0.25, -0.2) is 8.42 Å². The molecule has 0 aliphatic heterocycles. The van der Waals surface area contributed by atoms with Gasteiger partial charge in [0.15, 0.2) is 11.5 Å². The van der Waals surface area contributed by atoms with Crippen molar-refractivity contribution in [1.29, 1.82) is 0 Å². The molecule has 1 N–H and O–H groups in total. The number of aromatic nitrogens is 2. The van der Waals surface area contributed by atoms with Crippen molar-refractivity contribution in [3.8, 4) is 23.0 Å². The van der Waals surface area contributed by atoms with Crippen LogP contribution in [0.1, 0.15) is 56.3 Å². The molecule has 198 valence electrons. The Morgan fingerprint density at radius 1 is 1.00 bits per heavy atom. The summed E-state index contributed by atoms with van der Waals surface area (Å²) in [6.45, 7) is 4.73. The van der Waals surface area contributed by atoms with E-state index in [1.165, 1.54) is 28.6 Å². The molecule has 10 nitrogen and oxygen atoms in total. The number of hydrogen-bond acceptors (Lipinski definition) is 8. The summed E-state index contributed by atoms with van der Waals surface area (Å²) >= 11 is 0. The molecule has 1 saturated carbocycles. The first-order valence-electron chi connectivity index (χ1n) is 12.5. The van der Waals surface area contributed by atoms with Gasteiger partial charge >= 0.3 is 6.01 Å². The Balaban J connectivity index is 1.44. The second-order valence-corrected chi connectivity index (χ2v) is 10.7. The van der Waals surface area contributed by atoms with E-state index in [1.807, 2.05) is 13.8 Å². The Labute approximate surface area is 217 Å². The smallest absolute Gasteiger partial charge is 0.322 e. The van der Waals surface area contributed by atoms with Gasteiger partial charge in [0.25, 0.3) is 5.91 Å². The second-order valence-electron chi connectivity index (χ2n) is 8.73. The van der Waals surface area contributed by atoms with Crippen molar-refractivity contribution in [3.05, 3.63) is 48.0 Å². The molecule has 0 unspecified atom stereocenters. The number of benzene rings is 2. The topological polar surface area (TPSA) is 124 Å². The molecule has 37 heavy (non-hydrogen) atoms. The number of anilines is 1. The van der Waals surface area contributed by atoms with Gasteiger partial charge in [-0.1, -0.05) is 24.4 Å². The molecule has 0 radical (unpaired) electrons. The van der Waals surface area contributed by atoms with E-state index < -0.39 is 15.9 Å². The molecule has 2 aromatic carbocycles. The largest absolute Gasteiger partial charge is 0.490 e.